The maximum absolute atomic E-state index is 2.45. The average Bonchev–Trinajstić information content (AvgIpc) is 1.99. The lowest BCUT2D eigenvalue weighted by molar-refractivity contribution is 0.133. The predicted molar refractivity (Wildman–Crippen MR) is 43.8 cm³/mol. The van der Waals surface area contributed by atoms with Gasteiger partial charge in [0, 0.05) is 0 Å². The molecule has 10 heavy (non-hydrogen) atoms. The quantitative estimate of drug-likeness (QED) is 0.482. The highest BCUT2D eigenvalue weighted by Crippen LogP contribution is 2.42. The lowest BCUT2D eigenvalue weighted by atomic mass is 9.67. The van der Waals surface area contributed by atoms with E-state index >= 15 is 0 Å². The maximum atomic E-state index is 2.45. The Morgan fingerprint density at radius 3 is 2.70 bits per heavy atom. The fourth-order valence-electron chi connectivity index (χ4n) is 2.85. The standard InChI is InChI=1S/C10H18/c1-8-5-6-9-3-2-4-10(8)7-9/h8-10H,2-7H2,1H3/t8-,9+,10+/m1/s1. The van der Waals surface area contributed by atoms with Crippen molar-refractivity contribution in [1.29, 1.82) is 0 Å². The zero-order valence-electron chi connectivity index (χ0n) is 6.97. The average molecular weight is 138 g/mol. The second-order valence-electron chi connectivity index (χ2n) is 4.35. The summed E-state index contributed by atoms with van der Waals surface area (Å²) in [6.07, 6.45) is 9.24. The van der Waals surface area contributed by atoms with Crippen LogP contribution in [0.1, 0.15) is 45.4 Å². The predicted octanol–water partition coefficient (Wildman–Crippen LogP) is 3.22. The molecule has 2 saturated carbocycles. The van der Waals surface area contributed by atoms with Crippen molar-refractivity contribution in [2.24, 2.45) is 17.8 Å². The molecule has 2 rings (SSSR count). The molecule has 2 fully saturated rings. The summed E-state index contributed by atoms with van der Waals surface area (Å²) in [6.45, 7) is 2.45. The second-order valence-corrected chi connectivity index (χ2v) is 4.35. The molecule has 3 atom stereocenters. The minimum Gasteiger partial charge on any atom is -0.0622 e. The monoisotopic (exact) mass is 138 g/mol. The highest BCUT2D eigenvalue weighted by Gasteiger charge is 2.30. The molecular weight excluding hydrogens is 120 g/mol. The molecule has 58 valence electrons. The molecule has 0 unspecified atom stereocenters. The van der Waals surface area contributed by atoms with Crippen molar-refractivity contribution in [3.63, 3.8) is 0 Å². The van der Waals surface area contributed by atoms with Crippen LogP contribution in [-0.2, 0) is 0 Å². The Hall–Kier alpha value is 0. The van der Waals surface area contributed by atoms with E-state index < -0.39 is 0 Å². The number of hydrogen-bond acceptors (Lipinski definition) is 0. The van der Waals surface area contributed by atoms with Crippen LogP contribution in [0.3, 0.4) is 0 Å². The molecule has 0 nitrogen and oxygen atoms in total. The van der Waals surface area contributed by atoms with Crippen molar-refractivity contribution in [3.8, 4) is 0 Å². The zero-order chi connectivity index (χ0) is 6.97. The largest absolute Gasteiger partial charge is 0.0622 e. The molecule has 0 heteroatoms. The second kappa shape index (κ2) is 2.56. The first-order valence-corrected chi connectivity index (χ1v) is 4.86. The fraction of sp³-hybridized carbons (Fsp3) is 1.00. The maximum Gasteiger partial charge on any atom is -0.0386 e. The van der Waals surface area contributed by atoms with Gasteiger partial charge < -0.3 is 0 Å². The summed E-state index contributed by atoms with van der Waals surface area (Å²) in [4.78, 5) is 0. The number of fused-ring (bicyclic) bond motifs is 2. The topological polar surface area (TPSA) is 0 Å². The van der Waals surface area contributed by atoms with Gasteiger partial charge in [0.1, 0.15) is 0 Å². The lowest BCUT2D eigenvalue weighted by Crippen LogP contribution is -2.26. The van der Waals surface area contributed by atoms with E-state index in [2.05, 4.69) is 6.92 Å². The van der Waals surface area contributed by atoms with Crippen molar-refractivity contribution in [2.75, 3.05) is 0 Å². The van der Waals surface area contributed by atoms with E-state index in [1.54, 1.807) is 12.8 Å². The molecule has 0 N–H and O–H groups in total. The van der Waals surface area contributed by atoms with Crippen molar-refractivity contribution in [2.45, 2.75) is 45.4 Å². The smallest absolute Gasteiger partial charge is 0.0386 e. The number of rotatable bonds is 0. The zero-order valence-corrected chi connectivity index (χ0v) is 6.97. The van der Waals surface area contributed by atoms with Gasteiger partial charge in [-0.1, -0.05) is 39.0 Å². The van der Waals surface area contributed by atoms with E-state index in [1.165, 1.54) is 25.7 Å². The fourth-order valence-corrected chi connectivity index (χ4v) is 2.85. The van der Waals surface area contributed by atoms with E-state index in [1.807, 2.05) is 0 Å². The summed E-state index contributed by atoms with van der Waals surface area (Å²) in [5, 5.41) is 0. The Balaban J connectivity index is 2.00. The van der Waals surface area contributed by atoms with Crippen molar-refractivity contribution >= 4 is 0 Å². The van der Waals surface area contributed by atoms with Crippen LogP contribution in [0.4, 0.5) is 0 Å². The molecule has 0 saturated heterocycles. The normalized spacial score (nSPS) is 47.1. The van der Waals surface area contributed by atoms with Gasteiger partial charge in [-0.3, -0.25) is 0 Å². The Morgan fingerprint density at radius 1 is 1.00 bits per heavy atom. The van der Waals surface area contributed by atoms with Gasteiger partial charge in [-0.25, -0.2) is 0 Å². The lowest BCUT2D eigenvalue weighted by Gasteiger charge is -2.38. The third kappa shape index (κ3) is 1.09. The van der Waals surface area contributed by atoms with Crippen LogP contribution in [0.15, 0.2) is 0 Å². The van der Waals surface area contributed by atoms with Crippen LogP contribution >= 0.6 is 0 Å². The number of hydrogen-bond donors (Lipinski definition) is 0. The third-order valence-electron chi connectivity index (χ3n) is 3.66. The van der Waals surface area contributed by atoms with Gasteiger partial charge >= 0.3 is 0 Å². The van der Waals surface area contributed by atoms with Crippen LogP contribution in [-0.4, -0.2) is 0 Å². The van der Waals surface area contributed by atoms with Gasteiger partial charge in [-0.05, 0) is 24.2 Å². The Morgan fingerprint density at radius 2 is 1.90 bits per heavy atom. The van der Waals surface area contributed by atoms with Gasteiger partial charge in [0.05, 0.1) is 0 Å². The molecule has 0 spiro atoms. The Bertz CT molecular complexity index is 115. The molecule has 2 aliphatic carbocycles. The molecule has 0 amide bonds. The summed E-state index contributed by atoms with van der Waals surface area (Å²) < 4.78 is 0. The van der Waals surface area contributed by atoms with Gasteiger partial charge in [0.15, 0.2) is 0 Å². The SMILES string of the molecule is C[C@@H]1CC[C@@H]2CCC[C@H]1C2. The Labute approximate surface area is 64.0 Å². The first-order chi connectivity index (χ1) is 4.86. The van der Waals surface area contributed by atoms with Crippen LogP contribution < -0.4 is 0 Å². The summed E-state index contributed by atoms with van der Waals surface area (Å²) in [7, 11) is 0. The summed E-state index contributed by atoms with van der Waals surface area (Å²) in [5.41, 5.74) is 0. The van der Waals surface area contributed by atoms with E-state index in [9.17, 15) is 0 Å². The molecule has 0 aromatic heterocycles. The van der Waals surface area contributed by atoms with Crippen LogP contribution in [0, 0.1) is 17.8 Å². The summed E-state index contributed by atoms with van der Waals surface area (Å²) in [5.74, 6) is 3.30. The van der Waals surface area contributed by atoms with Gasteiger partial charge in [0.25, 0.3) is 0 Å². The van der Waals surface area contributed by atoms with Crippen LogP contribution in [0.25, 0.3) is 0 Å². The van der Waals surface area contributed by atoms with E-state index in [4.69, 9.17) is 0 Å². The van der Waals surface area contributed by atoms with Crippen molar-refractivity contribution < 1.29 is 0 Å². The first-order valence-electron chi connectivity index (χ1n) is 4.86. The minimum atomic E-state index is 1.05. The third-order valence-corrected chi connectivity index (χ3v) is 3.66. The van der Waals surface area contributed by atoms with E-state index in [-0.39, 0.29) is 0 Å². The van der Waals surface area contributed by atoms with Crippen LogP contribution in [0.2, 0.25) is 0 Å². The molecular formula is C10H18. The minimum absolute atomic E-state index is 1.05. The molecule has 0 aliphatic heterocycles. The molecule has 2 aliphatic rings. The Kier molecular flexibility index (Phi) is 1.71. The summed E-state index contributed by atoms with van der Waals surface area (Å²) in [6, 6.07) is 0. The van der Waals surface area contributed by atoms with E-state index in [0.717, 1.165) is 17.8 Å². The van der Waals surface area contributed by atoms with Gasteiger partial charge in [0.2, 0.25) is 0 Å². The summed E-state index contributed by atoms with van der Waals surface area (Å²) >= 11 is 0. The van der Waals surface area contributed by atoms with Gasteiger partial charge in [-0.2, -0.15) is 0 Å². The molecule has 0 heterocycles. The van der Waals surface area contributed by atoms with E-state index in [0.29, 0.717) is 0 Å². The van der Waals surface area contributed by atoms with Crippen molar-refractivity contribution in [3.05, 3.63) is 0 Å². The molecule has 0 aromatic carbocycles. The highest BCUT2D eigenvalue weighted by molar-refractivity contribution is 4.81. The molecule has 0 radical (unpaired) electrons. The first kappa shape index (κ1) is 6.69. The molecule has 2 bridgehead atoms. The van der Waals surface area contributed by atoms with Crippen LogP contribution in [0.5, 0.6) is 0 Å². The van der Waals surface area contributed by atoms with Crippen molar-refractivity contribution in [1.82, 2.24) is 0 Å². The highest BCUT2D eigenvalue weighted by atomic mass is 14.4. The molecule has 0 aromatic rings. The van der Waals surface area contributed by atoms with Gasteiger partial charge in [-0.15, -0.1) is 0 Å².